The minimum Gasteiger partial charge on any atom is -0.366 e. The highest BCUT2D eigenvalue weighted by Gasteiger charge is 2.14. The molecule has 1 aromatic heterocycles. The van der Waals surface area contributed by atoms with Crippen molar-refractivity contribution >= 4 is 39.2 Å². The van der Waals surface area contributed by atoms with Crippen molar-refractivity contribution in [2.45, 2.75) is 11.8 Å². The standard InChI is InChI=1S/C12H10ClNO3S.C7H5ClFNO/c1-8-6-9(18(15,16)17)7-14-12(8)10-4-2-3-5-11(10)13;8-6-3-4(9)1-2-5(6)7(10)11/h2-7H,1H3,(H,15,16,17);1-3H,(H2,10,11). The minimum atomic E-state index is -4.23. The lowest BCUT2D eigenvalue weighted by Gasteiger charge is -2.07. The van der Waals surface area contributed by atoms with E-state index in [0.717, 1.165) is 23.9 Å². The van der Waals surface area contributed by atoms with Gasteiger partial charge in [-0.3, -0.25) is 14.3 Å². The summed E-state index contributed by atoms with van der Waals surface area (Å²) in [5.74, 6) is -1.14. The van der Waals surface area contributed by atoms with Crippen molar-refractivity contribution in [1.29, 1.82) is 0 Å². The Morgan fingerprint density at radius 2 is 1.76 bits per heavy atom. The molecule has 0 aliphatic heterocycles. The Labute approximate surface area is 176 Å². The highest BCUT2D eigenvalue weighted by atomic mass is 35.5. The first-order chi connectivity index (χ1) is 13.5. The highest BCUT2D eigenvalue weighted by Crippen LogP contribution is 2.29. The topological polar surface area (TPSA) is 110 Å². The molecule has 152 valence electrons. The Kier molecular flexibility index (Phi) is 7.32. The number of amides is 1. The van der Waals surface area contributed by atoms with Gasteiger partial charge in [0, 0.05) is 16.8 Å². The Hall–Kier alpha value is -2.52. The third kappa shape index (κ3) is 5.98. The second-order valence-corrected chi connectivity index (χ2v) is 8.02. The van der Waals surface area contributed by atoms with E-state index in [0.29, 0.717) is 16.3 Å². The van der Waals surface area contributed by atoms with E-state index in [1.807, 2.05) is 6.07 Å². The van der Waals surface area contributed by atoms with Gasteiger partial charge < -0.3 is 5.73 Å². The first-order valence-electron chi connectivity index (χ1n) is 7.94. The molecule has 29 heavy (non-hydrogen) atoms. The number of hydrogen-bond donors (Lipinski definition) is 2. The van der Waals surface area contributed by atoms with E-state index in [9.17, 15) is 17.6 Å². The third-order valence-electron chi connectivity index (χ3n) is 3.68. The number of carbonyl (C=O) groups excluding carboxylic acids is 1. The van der Waals surface area contributed by atoms with Crippen LogP contribution in [0.1, 0.15) is 15.9 Å². The lowest BCUT2D eigenvalue weighted by Crippen LogP contribution is -2.11. The van der Waals surface area contributed by atoms with Crippen LogP contribution >= 0.6 is 23.2 Å². The van der Waals surface area contributed by atoms with Crippen molar-refractivity contribution in [2.75, 3.05) is 0 Å². The second kappa shape index (κ2) is 9.32. The van der Waals surface area contributed by atoms with Gasteiger partial charge in [-0.05, 0) is 42.8 Å². The summed E-state index contributed by atoms with van der Waals surface area (Å²) >= 11 is 11.5. The lowest BCUT2D eigenvalue weighted by molar-refractivity contribution is 0.100. The number of primary amides is 1. The number of pyridine rings is 1. The first-order valence-corrected chi connectivity index (χ1v) is 10.1. The quantitative estimate of drug-likeness (QED) is 0.562. The van der Waals surface area contributed by atoms with Gasteiger partial charge in [0.2, 0.25) is 5.91 Å². The van der Waals surface area contributed by atoms with Crippen molar-refractivity contribution in [3.8, 4) is 11.3 Å². The Balaban J connectivity index is 0.000000234. The molecule has 3 rings (SSSR count). The summed E-state index contributed by atoms with van der Waals surface area (Å²) in [6, 6.07) is 11.9. The maximum Gasteiger partial charge on any atom is 0.296 e. The maximum atomic E-state index is 12.4. The molecule has 0 bridgehead atoms. The molecular formula is C19H15Cl2FN2O4S. The number of hydrogen-bond acceptors (Lipinski definition) is 4. The van der Waals surface area contributed by atoms with Crippen molar-refractivity contribution < 1.29 is 22.2 Å². The average molecular weight is 457 g/mol. The van der Waals surface area contributed by atoms with Crippen molar-refractivity contribution in [1.82, 2.24) is 4.98 Å². The molecule has 0 atom stereocenters. The van der Waals surface area contributed by atoms with Crippen LogP contribution < -0.4 is 5.73 Å². The zero-order valence-corrected chi connectivity index (χ0v) is 17.3. The smallest absolute Gasteiger partial charge is 0.296 e. The zero-order chi connectivity index (χ0) is 21.8. The normalized spacial score (nSPS) is 10.8. The van der Waals surface area contributed by atoms with Crippen LogP contribution in [0.15, 0.2) is 59.6 Å². The predicted octanol–water partition coefficient (Wildman–Crippen LogP) is 4.54. The molecule has 0 radical (unpaired) electrons. The van der Waals surface area contributed by atoms with Gasteiger partial charge in [0.05, 0.1) is 16.3 Å². The molecule has 3 aromatic rings. The average Bonchev–Trinajstić information content (AvgIpc) is 2.62. The van der Waals surface area contributed by atoms with E-state index in [4.69, 9.17) is 33.5 Å². The van der Waals surface area contributed by atoms with E-state index in [2.05, 4.69) is 4.98 Å². The molecule has 6 nitrogen and oxygen atoms in total. The van der Waals surface area contributed by atoms with E-state index in [-0.39, 0.29) is 15.5 Å². The van der Waals surface area contributed by atoms with Gasteiger partial charge in [-0.25, -0.2) is 4.39 Å². The van der Waals surface area contributed by atoms with E-state index in [1.54, 1.807) is 25.1 Å². The monoisotopic (exact) mass is 456 g/mol. The Bertz CT molecular complexity index is 1170. The molecule has 0 aliphatic rings. The molecule has 0 saturated heterocycles. The number of aromatic nitrogens is 1. The van der Waals surface area contributed by atoms with Crippen LogP contribution in [0.25, 0.3) is 11.3 Å². The number of rotatable bonds is 3. The van der Waals surface area contributed by atoms with Crippen molar-refractivity contribution in [2.24, 2.45) is 5.73 Å². The number of aryl methyl sites for hydroxylation is 1. The van der Waals surface area contributed by atoms with Crippen LogP contribution in [0.2, 0.25) is 10.0 Å². The Morgan fingerprint density at radius 3 is 2.28 bits per heavy atom. The molecular weight excluding hydrogens is 442 g/mol. The number of halogens is 3. The van der Waals surface area contributed by atoms with E-state index in [1.165, 1.54) is 12.1 Å². The van der Waals surface area contributed by atoms with Crippen molar-refractivity contribution in [3.63, 3.8) is 0 Å². The fraction of sp³-hybridized carbons (Fsp3) is 0.0526. The number of carbonyl (C=O) groups is 1. The molecule has 0 unspecified atom stereocenters. The Morgan fingerprint density at radius 1 is 1.10 bits per heavy atom. The van der Waals surface area contributed by atoms with Gasteiger partial charge in [-0.2, -0.15) is 8.42 Å². The fourth-order valence-electron chi connectivity index (χ4n) is 2.31. The summed E-state index contributed by atoms with van der Waals surface area (Å²) in [5.41, 5.74) is 6.99. The van der Waals surface area contributed by atoms with Gasteiger partial charge in [0.1, 0.15) is 10.7 Å². The minimum absolute atomic E-state index is 0.0394. The lowest BCUT2D eigenvalue weighted by atomic mass is 10.1. The number of benzene rings is 2. The molecule has 0 fully saturated rings. The summed E-state index contributed by atoms with van der Waals surface area (Å²) in [6.07, 6.45) is 1.11. The molecule has 1 heterocycles. The summed E-state index contributed by atoms with van der Waals surface area (Å²) in [6.45, 7) is 1.71. The summed E-state index contributed by atoms with van der Waals surface area (Å²) in [4.78, 5) is 14.4. The third-order valence-corrected chi connectivity index (χ3v) is 5.14. The van der Waals surface area contributed by atoms with Crippen LogP contribution in [-0.4, -0.2) is 23.9 Å². The summed E-state index contributed by atoms with van der Waals surface area (Å²) in [5, 5.41) is 0.574. The van der Waals surface area contributed by atoms with Gasteiger partial charge in [0.25, 0.3) is 10.1 Å². The summed E-state index contributed by atoms with van der Waals surface area (Å²) < 4.78 is 43.3. The summed E-state index contributed by atoms with van der Waals surface area (Å²) in [7, 11) is -4.23. The van der Waals surface area contributed by atoms with Gasteiger partial charge in [-0.1, -0.05) is 41.4 Å². The fourth-order valence-corrected chi connectivity index (χ4v) is 3.31. The molecule has 2 aromatic carbocycles. The zero-order valence-electron chi connectivity index (χ0n) is 14.9. The second-order valence-electron chi connectivity index (χ2n) is 5.78. The van der Waals surface area contributed by atoms with Gasteiger partial charge in [-0.15, -0.1) is 0 Å². The highest BCUT2D eigenvalue weighted by molar-refractivity contribution is 7.85. The van der Waals surface area contributed by atoms with Gasteiger partial charge >= 0.3 is 0 Å². The van der Waals surface area contributed by atoms with E-state index < -0.39 is 21.8 Å². The van der Waals surface area contributed by atoms with Crippen LogP contribution in [-0.2, 0) is 10.1 Å². The van der Waals surface area contributed by atoms with Crippen molar-refractivity contribution in [3.05, 3.63) is 81.7 Å². The first kappa shape index (κ1) is 22.8. The molecule has 1 amide bonds. The van der Waals surface area contributed by atoms with Crippen LogP contribution in [0.4, 0.5) is 4.39 Å². The largest absolute Gasteiger partial charge is 0.366 e. The molecule has 3 N–H and O–H groups in total. The molecule has 10 heteroatoms. The SMILES string of the molecule is Cc1cc(S(=O)(=O)O)cnc1-c1ccccc1Cl.NC(=O)c1ccc(F)cc1Cl. The number of nitrogens with zero attached hydrogens (tertiary/aromatic N) is 1. The van der Waals surface area contributed by atoms with E-state index >= 15 is 0 Å². The maximum absolute atomic E-state index is 12.4. The molecule has 0 spiro atoms. The van der Waals surface area contributed by atoms with Gasteiger partial charge in [0.15, 0.2) is 0 Å². The predicted molar refractivity (Wildman–Crippen MR) is 109 cm³/mol. The van der Waals surface area contributed by atoms with Crippen LogP contribution in [0, 0.1) is 12.7 Å². The van der Waals surface area contributed by atoms with Crippen LogP contribution in [0.5, 0.6) is 0 Å². The molecule has 0 aliphatic carbocycles. The number of nitrogens with two attached hydrogens (primary N) is 1. The van der Waals surface area contributed by atoms with Crippen LogP contribution in [0.3, 0.4) is 0 Å². The molecule has 0 saturated carbocycles.